The zero-order valence-electron chi connectivity index (χ0n) is 27.2. The number of hydrogen-bond acceptors (Lipinski definition) is 13. The average Bonchev–Trinajstić information content (AvgIpc) is 3.37. The molecule has 0 aromatic heterocycles. The number of carbonyl (C=O) groups excluding carboxylic acids is 5. The van der Waals surface area contributed by atoms with Gasteiger partial charge in [0.15, 0.2) is 24.6 Å². The summed E-state index contributed by atoms with van der Waals surface area (Å²) in [7, 11) is 0. The molecule has 0 amide bonds. The topological polar surface area (TPSA) is 187 Å². The Morgan fingerprint density at radius 1 is 0.915 bits per heavy atom. The molecule has 1 N–H and O–H groups in total. The molecule has 6 rings (SSSR count). The van der Waals surface area contributed by atoms with E-state index in [1.807, 2.05) is 6.92 Å². The summed E-state index contributed by atoms with van der Waals surface area (Å²) < 4.78 is 41.1. The first-order chi connectivity index (χ1) is 22.0. The van der Waals surface area contributed by atoms with E-state index in [4.69, 9.17) is 33.2 Å². The second kappa shape index (κ2) is 11.3. The highest BCUT2D eigenvalue weighted by Gasteiger charge is 2.83. The predicted octanol–water partition coefficient (Wildman–Crippen LogP) is 2.39. The van der Waals surface area contributed by atoms with Gasteiger partial charge < -0.3 is 38.3 Å². The predicted molar refractivity (Wildman–Crippen MR) is 155 cm³/mol. The zero-order chi connectivity index (χ0) is 34.3. The standard InChI is InChI=1S/C33H42O14/c1-15-12-31-14-32(15,11-8-21(31)33-10-7-9-30(6,29(40)47-33)26(33)22(31)27(38)39)46-28-25(44-19(5)37)24(43-18(4)36)23(42-17(3)35)20(45-28)13-41-16(2)34/h20-26,28H,1,7-14H2,2-6H3,(H,38,39)/t20-,21-,22-,23-,24+,25-,26-,28+,30-,31+,32+,33-/m1/s1. The van der Waals surface area contributed by atoms with Gasteiger partial charge in [0.2, 0.25) is 0 Å². The van der Waals surface area contributed by atoms with Crippen molar-refractivity contribution < 1.29 is 67.0 Å². The number of carboxylic acids is 1. The molecular formula is C33H42O14. The molecule has 12 atom stereocenters. The molecule has 14 nitrogen and oxygen atoms in total. The van der Waals surface area contributed by atoms with Gasteiger partial charge in [0.1, 0.15) is 18.3 Å². The van der Waals surface area contributed by atoms with Crippen molar-refractivity contribution >= 4 is 35.8 Å². The minimum atomic E-state index is -1.43. The minimum Gasteiger partial charge on any atom is -0.481 e. The van der Waals surface area contributed by atoms with Crippen LogP contribution in [0.15, 0.2) is 12.2 Å². The Morgan fingerprint density at radius 2 is 1.55 bits per heavy atom. The Morgan fingerprint density at radius 3 is 2.17 bits per heavy atom. The lowest BCUT2D eigenvalue weighted by atomic mass is 9.60. The van der Waals surface area contributed by atoms with Crippen LogP contribution in [0.3, 0.4) is 0 Å². The van der Waals surface area contributed by atoms with Gasteiger partial charge in [-0.3, -0.25) is 28.8 Å². The molecule has 4 bridgehead atoms. The van der Waals surface area contributed by atoms with Crippen LogP contribution in [0.4, 0.5) is 0 Å². The third-order valence-electron chi connectivity index (χ3n) is 11.7. The van der Waals surface area contributed by atoms with E-state index in [0.29, 0.717) is 37.7 Å². The first-order valence-corrected chi connectivity index (χ1v) is 16.1. The largest absolute Gasteiger partial charge is 0.481 e. The van der Waals surface area contributed by atoms with Crippen LogP contribution in [-0.4, -0.2) is 89.4 Å². The SMILES string of the molecule is C=C1C[C@]23C[C@@]1(O[C@@H]1O[C@H](COC(C)=O)[C@@H](OC(C)=O)[C@H](OC(C)=O)[C@H]1OC(C)=O)CC[C@H]2[C@@]12CCC[C@@](C)(C(=O)O1)[C@H]2[C@@H]3C(=O)O. The van der Waals surface area contributed by atoms with Crippen molar-refractivity contribution in [2.24, 2.45) is 28.6 Å². The number of ether oxygens (including phenoxy) is 7. The molecule has 1 spiro atoms. The van der Waals surface area contributed by atoms with E-state index in [-0.39, 0.29) is 18.3 Å². The van der Waals surface area contributed by atoms with Gasteiger partial charge in [0, 0.05) is 39.5 Å². The van der Waals surface area contributed by atoms with Crippen molar-refractivity contribution in [2.75, 3.05) is 6.61 Å². The summed E-state index contributed by atoms with van der Waals surface area (Å²) in [5, 5.41) is 10.8. The smallest absolute Gasteiger partial charge is 0.312 e. The van der Waals surface area contributed by atoms with Gasteiger partial charge in [0.25, 0.3) is 0 Å². The van der Waals surface area contributed by atoms with Crippen LogP contribution in [-0.2, 0) is 61.9 Å². The second-order valence-electron chi connectivity index (χ2n) is 14.4. The van der Waals surface area contributed by atoms with Crippen molar-refractivity contribution in [2.45, 2.75) is 121 Å². The van der Waals surface area contributed by atoms with Crippen LogP contribution in [0.25, 0.3) is 0 Å². The van der Waals surface area contributed by atoms with Gasteiger partial charge in [-0.25, -0.2) is 0 Å². The maximum atomic E-state index is 13.3. The van der Waals surface area contributed by atoms with Crippen LogP contribution < -0.4 is 0 Å². The molecule has 2 aliphatic heterocycles. The van der Waals surface area contributed by atoms with Crippen LogP contribution in [0, 0.1) is 28.6 Å². The van der Waals surface area contributed by atoms with Crippen LogP contribution >= 0.6 is 0 Å². The lowest BCUT2D eigenvalue weighted by Crippen LogP contribution is -2.64. The summed E-state index contributed by atoms with van der Waals surface area (Å²) in [5.74, 6) is -5.90. The van der Waals surface area contributed by atoms with Crippen LogP contribution in [0.1, 0.15) is 79.6 Å². The number of aliphatic carboxylic acids is 1. The fraction of sp³-hybridized carbons (Fsp3) is 0.758. The molecule has 47 heavy (non-hydrogen) atoms. The third kappa shape index (κ3) is 4.96. The molecule has 0 aromatic rings. The number of carboxylic acid groups (broad SMARTS) is 1. The highest BCUT2D eigenvalue weighted by Crippen LogP contribution is 2.79. The van der Waals surface area contributed by atoms with E-state index in [2.05, 4.69) is 6.58 Å². The highest BCUT2D eigenvalue weighted by molar-refractivity contribution is 5.84. The number of rotatable bonds is 8. The second-order valence-corrected chi connectivity index (χ2v) is 14.4. The van der Waals surface area contributed by atoms with Gasteiger partial charge in [-0.05, 0) is 62.9 Å². The summed E-state index contributed by atoms with van der Waals surface area (Å²) in [6.45, 7) is 10.4. The quantitative estimate of drug-likeness (QED) is 0.227. The monoisotopic (exact) mass is 662 g/mol. The zero-order valence-corrected chi connectivity index (χ0v) is 27.2. The lowest BCUT2D eigenvalue weighted by molar-refractivity contribution is -0.330. The van der Waals surface area contributed by atoms with E-state index in [0.717, 1.165) is 27.2 Å². The van der Waals surface area contributed by atoms with E-state index < -0.39 is 101 Å². The van der Waals surface area contributed by atoms with Crippen molar-refractivity contribution in [3.05, 3.63) is 12.2 Å². The maximum Gasteiger partial charge on any atom is 0.312 e. The molecule has 2 heterocycles. The summed E-state index contributed by atoms with van der Waals surface area (Å²) in [5.41, 5.74) is -3.17. The normalized spacial score (nSPS) is 44.4. The first kappa shape index (κ1) is 33.4. The molecule has 0 aromatic carbocycles. The van der Waals surface area contributed by atoms with Crippen LogP contribution in [0.5, 0.6) is 0 Å². The third-order valence-corrected chi connectivity index (χ3v) is 11.7. The Balaban J connectivity index is 1.38. The Bertz CT molecular complexity index is 1420. The molecule has 2 saturated heterocycles. The minimum absolute atomic E-state index is 0.235. The lowest BCUT2D eigenvalue weighted by Gasteiger charge is -2.50. The van der Waals surface area contributed by atoms with Crippen molar-refractivity contribution in [3.63, 3.8) is 0 Å². The van der Waals surface area contributed by atoms with E-state index in [1.54, 1.807) is 0 Å². The van der Waals surface area contributed by atoms with Crippen molar-refractivity contribution in [1.82, 2.24) is 0 Å². The molecule has 4 saturated carbocycles. The van der Waals surface area contributed by atoms with Crippen LogP contribution in [0.2, 0.25) is 0 Å². The molecule has 6 fully saturated rings. The van der Waals surface area contributed by atoms with E-state index in [1.165, 1.54) is 6.92 Å². The van der Waals surface area contributed by atoms with Gasteiger partial charge >= 0.3 is 35.8 Å². The Kier molecular flexibility index (Phi) is 8.02. The van der Waals surface area contributed by atoms with Gasteiger partial charge in [-0.15, -0.1) is 0 Å². The summed E-state index contributed by atoms with van der Waals surface area (Å²) >= 11 is 0. The number of carbonyl (C=O) groups is 6. The fourth-order valence-corrected chi connectivity index (χ4v) is 10.4. The maximum absolute atomic E-state index is 13.3. The molecular weight excluding hydrogens is 620 g/mol. The molecule has 258 valence electrons. The number of hydrogen-bond donors (Lipinski definition) is 1. The molecule has 4 aliphatic carbocycles. The number of esters is 5. The molecule has 0 unspecified atom stereocenters. The highest BCUT2D eigenvalue weighted by atomic mass is 16.7. The molecule has 14 heteroatoms. The van der Waals surface area contributed by atoms with E-state index in [9.17, 15) is 33.9 Å². The summed E-state index contributed by atoms with van der Waals surface area (Å²) in [6.07, 6.45) is -3.51. The van der Waals surface area contributed by atoms with Crippen molar-refractivity contribution in [3.8, 4) is 0 Å². The fourth-order valence-electron chi connectivity index (χ4n) is 10.4. The van der Waals surface area contributed by atoms with Gasteiger partial charge in [0.05, 0.1) is 16.9 Å². The first-order valence-electron chi connectivity index (χ1n) is 16.1. The summed E-state index contributed by atoms with van der Waals surface area (Å²) in [4.78, 5) is 75.1. The summed E-state index contributed by atoms with van der Waals surface area (Å²) in [6, 6.07) is 0. The molecule has 6 aliphatic rings. The van der Waals surface area contributed by atoms with E-state index >= 15 is 0 Å². The average molecular weight is 663 g/mol. The Hall–Kier alpha value is -3.52. The Labute approximate surface area is 271 Å². The van der Waals surface area contributed by atoms with Crippen molar-refractivity contribution in [1.29, 1.82) is 0 Å². The molecule has 0 radical (unpaired) electrons. The van der Waals surface area contributed by atoms with Gasteiger partial charge in [-0.1, -0.05) is 6.58 Å². The van der Waals surface area contributed by atoms with Gasteiger partial charge in [-0.2, -0.15) is 0 Å². The number of fused-ring (bicyclic) bond motifs is 1.